The third-order valence-electron chi connectivity index (χ3n) is 2.19. The Morgan fingerprint density at radius 3 is 2.44 bits per heavy atom. The van der Waals surface area contributed by atoms with Crippen molar-refractivity contribution in [1.29, 1.82) is 0 Å². The molecule has 5 heteroatoms. The van der Waals surface area contributed by atoms with Gasteiger partial charge in [-0.1, -0.05) is 12.1 Å². The summed E-state index contributed by atoms with van der Waals surface area (Å²) in [6.45, 7) is 0. The topological polar surface area (TPSA) is 39.2 Å². The van der Waals surface area contributed by atoms with E-state index in [4.69, 9.17) is 10.2 Å². The molecule has 0 unspecified atom stereocenters. The number of alkyl halides is 3. The highest BCUT2D eigenvalue weighted by atomic mass is 19.4. The Bertz CT molecular complexity index is 502. The van der Waals surface area contributed by atoms with Crippen LogP contribution >= 0.6 is 0 Å². The van der Waals surface area contributed by atoms with Gasteiger partial charge in [0.15, 0.2) is 0 Å². The highest BCUT2D eigenvalue weighted by Gasteiger charge is 2.30. The maximum atomic E-state index is 12.5. The largest absolute Gasteiger partial charge is 0.470 e. The lowest BCUT2D eigenvalue weighted by molar-refractivity contribution is -0.137. The van der Waals surface area contributed by atoms with Crippen LogP contribution in [-0.4, -0.2) is 0 Å². The number of halogens is 3. The van der Waals surface area contributed by atoms with E-state index in [1.807, 2.05) is 0 Å². The number of furan rings is 1. The van der Waals surface area contributed by atoms with E-state index in [0.717, 1.165) is 12.1 Å². The quantitative estimate of drug-likeness (QED) is 0.809. The second kappa shape index (κ2) is 3.59. The zero-order valence-corrected chi connectivity index (χ0v) is 8.08. The molecule has 2 aromatic rings. The summed E-state index contributed by atoms with van der Waals surface area (Å²) in [6.07, 6.45) is -1.74. The summed E-state index contributed by atoms with van der Waals surface area (Å²) in [5.74, 6) is 0. The van der Waals surface area contributed by atoms with Gasteiger partial charge in [-0.3, -0.25) is 0 Å². The van der Waals surface area contributed by atoms with Gasteiger partial charge >= 0.3 is 6.18 Å². The molecule has 0 spiro atoms. The van der Waals surface area contributed by atoms with Crippen LogP contribution < -0.4 is 5.73 Å². The summed E-state index contributed by atoms with van der Waals surface area (Å²) in [5, 5.41) is 0. The molecular weight excluding hydrogens is 219 g/mol. The fourth-order valence-corrected chi connectivity index (χ4v) is 1.40. The number of nitrogens with two attached hydrogens (primary N) is 1. The molecule has 1 aromatic heterocycles. The minimum absolute atomic E-state index is 0.319. The van der Waals surface area contributed by atoms with Gasteiger partial charge in [0, 0.05) is 5.56 Å². The molecule has 0 amide bonds. The Kier molecular flexibility index (Phi) is 2.38. The lowest BCUT2D eigenvalue weighted by Gasteiger charge is -2.07. The van der Waals surface area contributed by atoms with Crippen molar-refractivity contribution in [3.8, 4) is 11.1 Å². The van der Waals surface area contributed by atoms with E-state index in [1.165, 1.54) is 18.6 Å². The van der Waals surface area contributed by atoms with Gasteiger partial charge in [0.2, 0.25) is 0 Å². The molecule has 2 rings (SSSR count). The van der Waals surface area contributed by atoms with Gasteiger partial charge in [0.1, 0.15) is 12.5 Å². The van der Waals surface area contributed by atoms with Gasteiger partial charge in [-0.05, 0) is 17.7 Å². The first kappa shape index (κ1) is 10.6. The van der Waals surface area contributed by atoms with Crippen LogP contribution in [0.25, 0.3) is 11.1 Å². The molecule has 0 saturated carbocycles. The van der Waals surface area contributed by atoms with Crippen molar-refractivity contribution < 1.29 is 17.6 Å². The Labute approximate surface area is 89.5 Å². The molecule has 2 N–H and O–H groups in total. The predicted molar refractivity (Wildman–Crippen MR) is 53.6 cm³/mol. The first-order valence-electron chi connectivity index (χ1n) is 4.48. The third kappa shape index (κ3) is 1.88. The summed E-state index contributed by atoms with van der Waals surface area (Å²) < 4.78 is 42.2. The van der Waals surface area contributed by atoms with E-state index in [0.29, 0.717) is 16.8 Å². The molecule has 0 aliphatic carbocycles. The minimum Gasteiger partial charge on any atom is -0.470 e. The van der Waals surface area contributed by atoms with Crippen molar-refractivity contribution in [2.24, 2.45) is 0 Å². The summed E-state index contributed by atoms with van der Waals surface area (Å²) in [5.41, 5.74) is 6.03. The van der Waals surface area contributed by atoms with Crippen LogP contribution in [-0.2, 0) is 6.18 Å². The molecule has 2 nitrogen and oxygen atoms in total. The van der Waals surface area contributed by atoms with Gasteiger partial charge in [0.25, 0.3) is 0 Å². The fraction of sp³-hybridized carbons (Fsp3) is 0.0909. The summed E-state index contributed by atoms with van der Waals surface area (Å²) in [6, 6.07) is 4.95. The average molecular weight is 227 g/mol. The predicted octanol–water partition coefficient (Wildman–Crippen LogP) is 3.55. The molecule has 16 heavy (non-hydrogen) atoms. The van der Waals surface area contributed by atoms with Crippen LogP contribution in [0.5, 0.6) is 0 Å². The Hall–Kier alpha value is -1.91. The van der Waals surface area contributed by atoms with Gasteiger partial charge in [-0.2, -0.15) is 13.2 Å². The van der Waals surface area contributed by atoms with Crippen molar-refractivity contribution in [3.05, 3.63) is 42.4 Å². The number of anilines is 1. The molecule has 0 atom stereocenters. The van der Waals surface area contributed by atoms with E-state index >= 15 is 0 Å². The molecule has 0 aliphatic rings. The van der Waals surface area contributed by atoms with Crippen molar-refractivity contribution in [2.45, 2.75) is 6.18 Å². The monoisotopic (exact) mass is 227 g/mol. The van der Waals surface area contributed by atoms with E-state index in [9.17, 15) is 13.2 Å². The SMILES string of the molecule is Nc1cocc1-c1cccc(C(F)(F)F)c1. The second-order valence-electron chi connectivity index (χ2n) is 3.32. The number of hydrogen-bond acceptors (Lipinski definition) is 2. The minimum atomic E-state index is -4.35. The lowest BCUT2D eigenvalue weighted by Crippen LogP contribution is -2.04. The maximum absolute atomic E-state index is 12.5. The van der Waals surface area contributed by atoms with Gasteiger partial charge < -0.3 is 10.2 Å². The average Bonchev–Trinajstić information content (AvgIpc) is 2.63. The van der Waals surface area contributed by atoms with Gasteiger partial charge in [-0.15, -0.1) is 0 Å². The summed E-state index contributed by atoms with van der Waals surface area (Å²) >= 11 is 0. The van der Waals surface area contributed by atoms with Crippen molar-refractivity contribution in [1.82, 2.24) is 0 Å². The third-order valence-corrected chi connectivity index (χ3v) is 2.19. The molecule has 0 saturated heterocycles. The molecule has 1 aromatic carbocycles. The molecular formula is C11H8F3NO. The maximum Gasteiger partial charge on any atom is 0.416 e. The van der Waals surface area contributed by atoms with E-state index in [1.54, 1.807) is 6.07 Å². The molecule has 0 aliphatic heterocycles. The smallest absolute Gasteiger partial charge is 0.416 e. The summed E-state index contributed by atoms with van der Waals surface area (Å²) in [7, 11) is 0. The van der Waals surface area contributed by atoms with Crippen molar-refractivity contribution in [3.63, 3.8) is 0 Å². The number of nitrogen functional groups attached to an aromatic ring is 1. The molecule has 0 fully saturated rings. The zero-order chi connectivity index (χ0) is 11.8. The highest BCUT2D eigenvalue weighted by Crippen LogP contribution is 2.33. The zero-order valence-electron chi connectivity index (χ0n) is 8.08. The van der Waals surface area contributed by atoms with E-state index in [2.05, 4.69) is 0 Å². The first-order chi connectivity index (χ1) is 7.48. The molecule has 84 valence electrons. The van der Waals surface area contributed by atoms with Crippen LogP contribution in [0.2, 0.25) is 0 Å². The van der Waals surface area contributed by atoms with Crippen LogP contribution in [0.4, 0.5) is 18.9 Å². The number of benzene rings is 1. The summed E-state index contributed by atoms with van der Waals surface area (Å²) in [4.78, 5) is 0. The van der Waals surface area contributed by atoms with E-state index < -0.39 is 11.7 Å². The highest BCUT2D eigenvalue weighted by molar-refractivity contribution is 5.75. The van der Waals surface area contributed by atoms with Crippen LogP contribution in [0.3, 0.4) is 0 Å². The molecule has 0 radical (unpaired) electrons. The first-order valence-corrected chi connectivity index (χ1v) is 4.48. The standard InChI is InChI=1S/C11H8F3NO/c12-11(13,14)8-3-1-2-7(4-8)9-5-16-6-10(9)15/h1-6H,15H2. The number of rotatable bonds is 1. The van der Waals surface area contributed by atoms with E-state index in [-0.39, 0.29) is 0 Å². The van der Waals surface area contributed by atoms with Gasteiger partial charge in [0.05, 0.1) is 11.3 Å². The number of hydrogen-bond donors (Lipinski definition) is 1. The van der Waals surface area contributed by atoms with Gasteiger partial charge in [-0.25, -0.2) is 0 Å². The Morgan fingerprint density at radius 1 is 1.12 bits per heavy atom. The molecule has 0 bridgehead atoms. The molecule has 1 heterocycles. The second-order valence-corrected chi connectivity index (χ2v) is 3.32. The van der Waals surface area contributed by atoms with Crippen molar-refractivity contribution in [2.75, 3.05) is 5.73 Å². The lowest BCUT2D eigenvalue weighted by atomic mass is 10.0. The normalized spacial score (nSPS) is 11.7. The van der Waals surface area contributed by atoms with Crippen molar-refractivity contribution >= 4 is 5.69 Å². The Balaban J connectivity index is 2.49. The van der Waals surface area contributed by atoms with Crippen LogP contribution in [0, 0.1) is 0 Å². The fourth-order valence-electron chi connectivity index (χ4n) is 1.40. The van der Waals surface area contributed by atoms with Crippen LogP contribution in [0.1, 0.15) is 5.56 Å². The van der Waals surface area contributed by atoms with Crippen LogP contribution in [0.15, 0.2) is 41.2 Å². The Morgan fingerprint density at radius 2 is 1.88 bits per heavy atom.